The monoisotopic (exact) mass is 434 g/mol. The second-order valence-electron chi connectivity index (χ2n) is 7.37. The van der Waals surface area contributed by atoms with Gasteiger partial charge in [-0.2, -0.15) is 4.31 Å². The second-order valence-corrected chi connectivity index (χ2v) is 9.31. The first-order valence-corrected chi connectivity index (χ1v) is 11.0. The summed E-state index contributed by atoms with van der Waals surface area (Å²) in [6.45, 7) is 1.93. The second kappa shape index (κ2) is 8.93. The lowest BCUT2D eigenvalue weighted by molar-refractivity contribution is -0.136. The number of piperidine rings is 1. The van der Waals surface area contributed by atoms with Crippen molar-refractivity contribution < 1.29 is 27.5 Å². The molecule has 1 aliphatic rings. The van der Waals surface area contributed by atoms with Crippen molar-refractivity contribution in [1.82, 2.24) is 4.31 Å². The summed E-state index contributed by atoms with van der Waals surface area (Å²) in [5, 5.41) is 11.8. The van der Waals surface area contributed by atoms with Crippen LogP contribution in [0.15, 0.2) is 47.4 Å². The van der Waals surface area contributed by atoms with E-state index >= 15 is 0 Å². The Balaban J connectivity index is 1.89. The van der Waals surface area contributed by atoms with Gasteiger partial charge in [0.1, 0.15) is 5.82 Å². The maximum Gasteiger partial charge on any atom is 0.307 e. The molecule has 0 aromatic heterocycles. The van der Waals surface area contributed by atoms with Crippen molar-refractivity contribution in [3.8, 4) is 0 Å². The standard InChI is InChI=1S/C21H23FN2O5S/c1-14(25)23-19-10-15(11-21(26)27)9-17(12-19)16-3-2-8-24(13-16)30(28,29)20-6-4-18(22)5-7-20/h4-7,9-10,12,16H,2-3,8,11,13H2,1H3,(H,23,25)(H,26,27). The molecule has 0 radical (unpaired) electrons. The number of hydrogen-bond donors (Lipinski definition) is 2. The first kappa shape index (κ1) is 21.9. The van der Waals surface area contributed by atoms with Crippen LogP contribution in [-0.4, -0.2) is 42.8 Å². The van der Waals surface area contributed by atoms with Crippen molar-refractivity contribution >= 4 is 27.6 Å². The molecule has 0 saturated carbocycles. The average molecular weight is 434 g/mol. The molecule has 30 heavy (non-hydrogen) atoms. The number of carboxylic acid groups (broad SMARTS) is 1. The third-order valence-corrected chi connectivity index (χ3v) is 6.88. The van der Waals surface area contributed by atoms with Crippen LogP contribution in [0.25, 0.3) is 0 Å². The van der Waals surface area contributed by atoms with Gasteiger partial charge in [-0.25, -0.2) is 12.8 Å². The molecule has 1 atom stereocenters. The molecular weight excluding hydrogens is 411 g/mol. The summed E-state index contributed by atoms with van der Waals surface area (Å²) in [6.07, 6.45) is 1.15. The minimum atomic E-state index is -3.78. The third-order valence-electron chi connectivity index (χ3n) is 5.00. The molecule has 3 rings (SSSR count). The van der Waals surface area contributed by atoms with E-state index in [4.69, 9.17) is 5.11 Å². The molecule has 9 heteroatoms. The highest BCUT2D eigenvalue weighted by Gasteiger charge is 2.31. The van der Waals surface area contributed by atoms with Gasteiger partial charge in [-0.1, -0.05) is 6.07 Å². The van der Waals surface area contributed by atoms with Gasteiger partial charge in [0, 0.05) is 25.7 Å². The topological polar surface area (TPSA) is 104 Å². The van der Waals surface area contributed by atoms with Crippen LogP contribution in [0, 0.1) is 5.82 Å². The van der Waals surface area contributed by atoms with Gasteiger partial charge in [0.2, 0.25) is 15.9 Å². The van der Waals surface area contributed by atoms with E-state index in [0.29, 0.717) is 24.2 Å². The van der Waals surface area contributed by atoms with Gasteiger partial charge >= 0.3 is 5.97 Å². The van der Waals surface area contributed by atoms with E-state index in [-0.39, 0.29) is 29.7 Å². The quantitative estimate of drug-likeness (QED) is 0.728. The summed E-state index contributed by atoms with van der Waals surface area (Å²) in [4.78, 5) is 22.6. The molecule has 1 aliphatic heterocycles. The third kappa shape index (κ3) is 5.22. The summed E-state index contributed by atoms with van der Waals surface area (Å²) >= 11 is 0. The fourth-order valence-electron chi connectivity index (χ4n) is 3.69. The SMILES string of the molecule is CC(=O)Nc1cc(CC(=O)O)cc(C2CCCN(S(=O)(=O)c3ccc(F)cc3)C2)c1. The van der Waals surface area contributed by atoms with Crippen LogP contribution < -0.4 is 5.32 Å². The number of carbonyl (C=O) groups excluding carboxylic acids is 1. The molecule has 1 heterocycles. The molecule has 2 aromatic carbocycles. The Bertz CT molecular complexity index is 1020. The number of rotatable bonds is 6. The lowest BCUT2D eigenvalue weighted by atomic mass is 9.89. The summed E-state index contributed by atoms with van der Waals surface area (Å²) in [6, 6.07) is 9.83. The number of aliphatic carboxylic acids is 1. The van der Waals surface area contributed by atoms with Crippen molar-refractivity contribution in [2.45, 2.75) is 37.0 Å². The number of nitrogens with zero attached hydrogens (tertiary/aromatic N) is 1. The van der Waals surface area contributed by atoms with Crippen LogP contribution >= 0.6 is 0 Å². The first-order valence-electron chi connectivity index (χ1n) is 9.54. The van der Waals surface area contributed by atoms with Crippen LogP contribution in [0.1, 0.15) is 36.8 Å². The molecule has 7 nitrogen and oxygen atoms in total. The fourth-order valence-corrected chi connectivity index (χ4v) is 5.22. The Morgan fingerprint density at radius 2 is 1.90 bits per heavy atom. The van der Waals surface area contributed by atoms with Gasteiger partial charge in [-0.3, -0.25) is 9.59 Å². The van der Waals surface area contributed by atoms with Crippen molar-refractivity contribution in [3.05, 3.63) is 59.4 Å². The van der Waals surface area contributed by atoms with Crippen LogP contribution in [0.4, 0.5) is 10.1 Å². The highest BCUT2D eigenvalue weighted by Crippen LogP contribution is 2.32. The van der Waals surface area contributed by atoms with Crippen LogP contribution in [-0.2, 0) is 26.0 Å². The first-order chi connectivity index (χ1) is 14.1. The van der Waals surface area contributed by atoms with Gasteiger partial charge in [0.25, 0.3) is 0 Å². The smallest absolute Gasteiger partial charge is 0.307 e. The minimum Gasteiger partial charge on any atom is -0.481 e. The minimum absolute atomic E-state index is 0.0307. The Morgan fingerprint density at radius 3 is 2.53 bits per heavy atom. The van der Waals surface area contributed by atoms with Crippen LogP contribution in [0.3, 0.4) is 0 Å². The number of carbonyl (C=O) groups is 2. The number of sulfonamides is 1. The van der Waals surface area contributed by atoms with E-state index in [2.05, 4.69) is 5.32 Å². The van der Waals surface area contributed by atoms with Crippen molar-refractivity contribution in [1.29, 1.82) is 0 Å². The van der Waals surface area contributed by atoms with Crippen molar-refractivity contribution in [3.63, 3.8) is 0 Å². The molecule has 2 aromatic rings. The van der Waals surface area contributed by atoms with Gasteiger partial charge in [0.15, 0.2) is 0 Å². The molecule has 0 bridgehead atoms. The molecule has 1 amide bonds. The maximum atomic E-state index is 13.2. The number of hydrogen-bond acceptors (Lipinski definition) is 4. The molecule has 1 saturated heterocycles. The largest absolute Gasteiger partial charge is 0.481 e. The normalized spacial score (nSPS) is 17.5. The fraction of sp³-hybridized carbons (Fsp3) is 0.333. The van der Waals surface area contributed by atoms with E-state index in [1.165, 1.54) is 23.4 Å². The predicted octanol–water partition coefficient (Wildman–Crippen LogP) is 2.98. The highest BCUT2D eigenvalue weighted by molar-refractivity contribution is 7.89. The number of benzene rings is 2. The molecule has 0 aliphatic carbocycles. The number of anilines is 1. The van der Waals surface area contributed by atoms with E-state index in [9.17, 15) is 22.4 Å². The summed E-state index contributed by atoms with van der Waals surface area (Å²) in [7, 11) is -3.78. The van der Waals surface area contributed by atoms with Crippen molar-refractivity contribution in [2.75, 3.05) is 18.4 Å². The molecule has 160 valence electrons. The van der Waals surface area contributed by atoms with Gasteiger partial charge in [-0.15, -0.1) is 0 Å². The summed E-state index contributed by atoms with van der Waals surface area (Å²) in [5.41, 5.74) is 1.79. The zero-order chi connectivity index (χ0) is 21.9. The van der Waals surface area contributed by atoms with E-state index in [0.717, 1.165) is 24.1 Å². The van der Waals surface area contributed by atoms with E-state index < -0.39 is 21.8 Å². The molecular formula is C21H23FN2O5S. The zero-order valence-corrected chi connectivity index (χ0v) is 17.3. The number of carboxylic acids is 1. The Hall–Kier alpha value is -2.78. The Kier molecular flexibility index (Phi) is 6.52. The highest BCUT2D eigenvalue weighted by atomic mass is 32.2. The predicted molar refractivity (Wildman–Crippen MR) is 109 cm³/mol. The molecule has 1 fully saturated rings. The van der Waals surface area contributed by atoms with Crippen LogP contribution in [0.2, 0.25) is 0 Å². The molecule has 1 unspecified atom stereocenters. The number of nitrogens with one attached hydrogen (secondary N) is 1. The van der Waals surface area contributed by atoms with Crippen molar-refractivity contribution in [2.24, 2.45) is 0 Å². The van der Waals surface area contributed by atoms with E-state index in [1.807, 2.05) is 0 Å². The Morgan fingerprint density at radius 1 is 1.20 bits per heavy atom. The van der Waals surface area contributed by atoms with Crippen LogP contribution in [0.5, 0.6) is 0 Å². The molecule has 2 N–H and O–H groups in total. The van der Waals surface area contributed by atoms with Gasteiger partial charge in [-0.05, 0) is 66.3 Å². The zero-order valence-electron chi connectivity index (χ0n) is 16.5. The van der Waals surface area contributed by atoms with E-state index in [1.54, 1.807) is 18.2 Å². The van der Waals surface area contributed by atoms with Gasteiger partial charge in [0.05, 0.1) is 11.3 Å². The summed E-state index contributed by atoms with van der Waals surface area (Å²) in [5.74, 6) is -1.94. The number of halogens is 1. The van der Waals surface area contributed by atoms with Gasteiger partial charge < -0.3 is 10.4 Å². The lowest BCUT2D eigenvalue weighted by Gasteiger charge is -2.32. The maximum absolute atomic E-state index is 13.2. The Labute approximate surface area is 174 Å². The average Bonchev–Trinajstić information content (AvgIpc) is 2.67. The number of amides is 1. The lowest BCUT2D eigenvalue weighted by Crippen LogP contribution is -2.39. The summed E-state index contributed by atoms with van der Waals surface area (Å²) < 4.78 is 40.5. The molecule has 0 spiro atoms.